The molecular weight excluding hydrogens is 278 g/mol. The Kier molecular flexibility index (Phi) is 4.73. The van der Waals surface area contributed by atoms with Gasteiger partial charge < -0.3 is 15.5 Å². The van der Waals surface area contributed by atoms with Crippen molar-refractivity contribution < 1.29 is 4.74 Å². The van der Waals surface area contributed by atoms with Gasteiger partial charge in [0.15, 0.2) is 5.82 Å². The van der Waals surface area contributed by atoms with E-state index in [9.17, 15) is 0 Å². The van der Waals surface area contributed by atoms with Gasteiger partial charge in [-0.1, -0.05) is 17.7 Å². The Morgan fingerprint density at radius 2 is 2.05 bits per heavy atom. The molecule has 1 heterocycles. The summed E-state index contributed by atoms with van der Waals surface area (Å²) in [5.74, 6) is 7.06. The van der Waals surface area contributed by atoms with Crippen molar-refractivity contribution in [3.63, 3.8) is 0 Å². The van der Waals surface area contributed by atoms with Crippen LogP contribution in [0.3, 0.4) is 0 Å². The summed E-state index contributed by atoms with van der Waals surface area (Å²) in [7, 11) is 1.58. The molecule has 0 spiro atoms. The predicted molar refractivity (Wildman–Crippen MR) is 80.0 cm³/mol. The molecule has 0 saturated carbocycles. The average Bonchev–Trinajstić information content (AvgIpc) is 2.44. The molecule has 0 saturated heterocycles. The minimum Gasteiger partial charge on any atom is -0.377 e. The lowest BCUT2D eigenvalue weighted by molar-refractivity contribution is 0.178. The van der Waals surface area contributed by atoms with Crippen LogP contribution in [0.1, 0.15) is 11.4 Å². The van der Waals surface area contributed by atoms with Crippen molar-refractivity contribution in [1.82, 2.24) is 9.97 Å². The number of methoxy groups -OCH3 is 1. The molecule has 20 heavy (non-hydrogen) atoms. The lowest BCUT2D eigenvalue weighted by atomic mass is 10.2. The Bertz CT molecular complexity index is 605. The number of anilines is 3. The van der Waals surface area contributed by atoms with E-state index in [1.54, 1.807) is 13.2 Å². The summed E-state index contributed by atoms with van der Waals surface area (Å²) in [4.78, 5) is 8.54. The molecule has 0 unspecified atom stereocenters. The van der Waals surface area contributed by atoms with Crippen molar-refractivity contribution >= 4 is 28.9 Å². The van der Waals surface area contributed by atoms with Gasteiger partial charge in [-0.05, 0) is 24.6 Å². The van der Waals surface area contributed by atoms with Crippen molar-refractivity contribution in [3.8, 4) is 0 Å². The van der Waals surface area contributed by atoms with Crippen LogP contribution in [0.4, 0.5) is 17.3 Å². The first-order valence-corrected chi connectivity index (χ1v) is 6.37. The number of rotatable bonds is 5. The van der Waals surface area contributed by atoms with E-state index < -0.39 is 0 Å². The van der Waals surface area contributed by atoms with E-state index in [0.717, 1.165) is 11.3 Å². The molecule has 1 aromatic carbocycles. The van der Waals surface area contributed by atoms with Gasteiger partial charge in [-0.15, -0.1) is 0 Å². The van der Waals surface area contributed by atoms with E-state index >= 15 is 0 Å². The molecule has 6 nitrogen and oxygen atoms in total. The fraction of sp³-hybridized carbons (Fsp3) is 0.231. The monoisotopic (exact) mass is 293 g/mol. The van der Waals surface area contributed by atoms with Gasteiger partial charge >= 0.3 is 0 Å². The van der Waals surface area contributed by atoms with Crippen LogP contribution < -0.4 is 16.6 Å². The van der Waals surface area contributed by atoms with Gasteiger partial charge in [-0.3, -0.25) is 0 Å². The number of hydrogen-bond donors (Lipinski definition) is 3. The van der Waals surface area contributed by atoms with Crippen LogP contribution in [-0.2, 0) is 11.3 Å². The Hall–Kier alpha value is -1.89. The number of nitrogens with zero attached hydrogens (tertiary/aromatic N) is 2. The molecular formula is C13H16ClN5O. The Balaban J connectivity index is 2.32. The van der Waals surface area contributed by atoms with E-state index in [1.807, 2.05) is 25.1 Å². The fourth-order valence-corrected chi connectivity index (χ4v) is 1.88. The van der Waals surface area contributed by atoms with E-state index in [1.165, 1.54) is 0 Å². The van der Waals surface area contributed by atoms with Crippen molar-refractivity contribution in [2.75, 3.05) is 17.9 Å². The summed E-state index contributed by atoms with van der Waals surface area (Å²) in [6.45, 7) is 2.24. The van der Waals surface area contributed by atoms with Gasteiger partial charge in [0.25, 0.3) is 0 Å². The normalized spacial score (nSPS) is 10.4. The number of halogens is 1. The highest BCUT2D eigenvalue weighted by atomic mass is 35.5. The van der Waals surface area contributed by atoms with Gasteiger partial charge in [0, 0.05) is 23.9 Å². The molecule has 0 radical (unpaired) electrons. The number of nitrogens with two attached hydrogens (primary N) is 1. The molecule has 4 N–H and O–H groups in total. The van der Waals surface area contributed by atoms with Gasteiger partial charge in [0.2, 0.25) is 0 Å². The summed E-state index contributed by atoms with van der Waals surface area (Å²) < 4.78 is 5.03. The molecule has 0 bridgehead atoms. The Morgan fingerprint density at radius 3 is 2.75 bits per heavy atom. The minimum atomic E-state index is 0.304. The zero-order valence-electron chi connectivity index (χ0n) is 11.3. The van der Waals surface area contributed by atoms with Crippen LogP contribution in [0.15, 0.2) is 24.3 Å². The number of hydrazine groups is 1. The molecule has 0 aliphatic rings. The summed E-state index contributed by atoms with van der Waals surface area (Å²) in [6.07, 6.45) is 0. The topological polar surface area (TPSA) is 85.1 Å². The number of aromatic nitrogens is 2. The summed E-state index contributed by atoms with van der Waals surface area (Å²) in [6, 6.07) is 7.34. The van der Waals surface area contributed by atoms with E-state index in [-0.39, 0.29) is 0 Å². The largest absolute Gasteiger partial charge is 0.377 e. The fourth-order valence-electron chi connectivity index (χ4n) is 1.71. The molecule has 0 aliphatic carbocycles. The van der Waals surface area contributed by atoms with E-state index in [2.05, 4.69) is 20.7 Å². The maximum Gasteiger partial charge on any atom is 0.158 e. The number of nitrogen functional groups attached to an aromatic ring is 1. The number of benzene rings is 1. The summed E-state index contributed by atoms with van der Waals surface area (Å²) >= 11 is 6.09. The predicted octanol–water partition coefficient (Wildman–Crippen LogP) is 2.61. The highest BCUT2D eigenvalue weighted by molar-refractivity contribution is 6.31. The van der Waals surface area contributed by atoms with Gasteiger partial charge in [0.05, 0.1) is 0 Å². The van der Waals surface area contributed by atoms with Crippen molar-refractivity contribution in [2.24, 2.45) is 5.84 Å². The number of hydrogen-bond acceptors (Lipinski definition) is 6. The van der Waals surface area contributed by atoms with Crippen LogP contribution in [0, 0.1) is 6.92 Å². The summed E-state index contributed by atoms with van der Waals surface area (Å²) in [5, 5.41) is 3.89. The van der Waals surface area contributed by atoms with Crippen LogP contribution in [0.5, 0.6) is 0 Å². The highest BCUT2D eigenvalue weighted by Gasteiger charge is 2.07. The highest BCUT2D eigenvalue weighted by Crippen LogP contribution is 2.26. The minimum absolute atomic E-state index is 0.304. The smallest absolute Gasteiger partial charge is 0.158 e. The SMILES string of the molecule is COCc1nc(NN)cc(Nc2cccc(Cl)c2C)n1. The second-order valence-electron chi connectivity index (χ2n) is 4.17. The molecule has 1 aromatic heterocycles. The third-order valence-corrected chi connectivity index (χ3v) is 3.13. The first-order valence-electron chi connectivity index (χ1n) is 5.99. The summed E-state index contributed by atoms with van der Waals surface area (Å²) in [5.41, 5.74) is 4.33. The molecule has 0 atom stereocenters. The van der Waals surface area contributed by atoms with Gasteiger partial charge in [-0.25, -0.2) is 15.8 Å². The van der Waals surface area contributed by atoms with Crippen LogP contribution >= 0.6 is 11.6 Å². The molecule has 106 valence electrons. The van der Waals surface area contributed by atoms with Crippen LogP contribution in [-0.4, -0.2) is 17.1 Å². The number of nitrogens with one attached hydrogen (secondary N) is 2. The molecule has 0 amide bonds. The zero-order chi connectivity index (χ0) is 14.5. The molecule has 0 aliphatic heterocycles. The average molecular weight is 294 g/mol. The maximum absolute atomic E-state index is 6.09. The van der Waals surface area contributed by atoms with E-state index in [0.29, 0.717) is 29.1 Å². The first kappa shape index (κ1) is 14.5. The standard InChI is InChI=1S/C13H16ClN5O/c1-8-9(14)4-3-5-10(8)16-11-6-12(19-15)18-13(17-11)7-20-2/h3-6H,7,15H2,1-2H3,(H2,16,17,18,19). The second kappa shape index (κ2) is 6.51. The second-order valence-corrected chi connectivity index (χ2v) is 4.58. The van der Waals surface area contributed by atoms with Crippen molar-refractivity contribution in [1.29, 1.82) is 0 Å². The molecule has 0 fully saturated rings. The first-order chi connectivity index (χ1) is 9.63. The Labute approximate surface area is 122 Å². The maximum atomic E-state index is 6.09. The Morgan fingerprint density at radius 1 is 1.30 bits per heavy atom. The van der Waals surface area contributed by atoms with Crippen molar-refractivity contribution in [3.05, 3.63) is 40.7 Å². The zero-order valence-corrected chi connectivity index (χ0v) is 12.0. The quantitative estimate of drug-likeness (QED) is 0.580. The van der Waals surface area contributed by atoms with Crippen LogP contribution in [0.25, 0.3) is 0 Å². The number of ether oxygens (including phenoxy) is 1. The molecule has 2 aromatic rings. The van der Waals surface area contributed by atoms with Gasteiger partial charge in [-0.2, -0.15) is 0 Å². The van der Waals surface area contributed by atoms with E-state index in [4.69, 9.17) is 22.2 Å². The lowest BCUT2D eigenvalue weighted by Crippen LogP contribution is -2.12. The third-order valence-electron chi connectivity index (χ3n) is 2.72. The molecule has 7 heteroatoms. The molecule has 2 rings (SSSR count). The van der Waals surface area contributed by atoms with Gasteiger partial charge in [0.1, 0.15) is 18.2 Å². The third kappa shape index (κ3) is 3.36. The van der Waals surface area contributed by atoms with Crippen LogP contribution in [0.2, 0.25) is 5.02 Å². The lowest BCUT2D eigenvalue weighted by Gasteiger charge is -2.12. The van der Waals surface area contributed by atoms with Crippen molar-refractivity contribution in [2.45, 2.75) is 13.5 Å².